The molecule has 0 saturated carbocycles. The van der Waals surface area contributed by atoms with Crippen LogP contribution in [0.3, 0.4) is 0 Å². The first-order valence-corrected chi connectivity index (χ1v) is 9.78. The van der Waals surface area contributed by atoms with Crippen LogP contribution in [-0.2, 0) is 15.1 Å². The van der Waals surface area contributed by atoms with Crippen molar-refractivity contribution >= 4 is 11.9 Å². The number of nitrogens with one attached hydrogen (secondary N) is 1. The van der Waals surface area contributed by atoms with E-state index in [1.165, 1.54) is 4.90 Å². The fourth-order valence-electron chi connectivity index (χ4n) is 3.70. The van der Waals surface area contributed by atoms with Crippen molar-refractivity contribution in [1.82, 2.24) is 10.2 Å². The molecule has 0 heterocycles. The number of amides is 1. The van der Waals surface area contributed by atoms with E-state index in [1.54, 1.807) is 0 Å². The SMILES string of the molecule is [3H]CC(=O)N(CCNC(c1ccccc1)(c1ccccc1)c1ccccc1)CC(=O)O. The van der Waals surface area contributed by atoms with Crippen molar-refractivity contribution < 1.29 is 16.1 Å². The molecule has 0 aliphatic rings. The Bertz CT molecular complexity index is 885. The van der Waals surface area contributed by atoms with Crippen molar-refractivity contribution in [2.24, 2.45) is 0 Å². The molecule has 154 valence electrons. The van der Waals surface area contributed by atoms with Crippen LogP contribution in [0.5, 0.6) is 0 Å². The van der Waals surface area contributed by atoms with Gasteiger partial charge < -0.3 is 10.0 Å². The molecule has 0 spiro atoms. The number of carboxylic acids is 1. The third-order valence-corrected chi connectivity index (χ3v) is 5.07. The van der Waals surface area contributed by atoms with Gasteiger partial charge in [-0.2, -0.15) is 0 Å². The number of benzene rings is 3. The Morgan fingerprint density at radius 2 is 1.30 bits per heavy atom. The zero-order valence-electron chi connectivity index (χ0n) is 17.7. The van der Waals surface area contributed by atoms with Crippen LogP contribution in [0, 0.1) is 0 Å². The molecule has 30 heavy (non-hydrogen) atoms. The van der Waals surface area contributed by atoms with Crippen LogP contribution >= 0.6 is 0 Å². The standard InChI is InChI=1S/C25H26N2O3/c1-20(28)27(19-24(29)30)18-17-26-25(21-11-5-2-6-12-21,22-13-7-3-8-14-22)23-15-9-4-10-16-23/h2-16,26H,17-19H2,1H3,(H,29,30)/i1T. The monoisotopic (exact) mass is 404 g/mol. The van der Waals surface area contributed by atoms with E-state index >= 15 is 0 Å². The summed E-state index contributed by atoms with van der Waals surface area (Å²) in [5.74, 6) is -1.60. The molecule has 3 aromatic rings. The quantitative estimate of drug-likeness (QED) is 0.536. The van der Waals surface area contributed by atoms with Crippen molar-refractivity contribution in [1.29, 1.82) is 0 Å². The molecule has 0 atom stereocenters. The number of nitrogens with zero attached hydrogens (tertiary/aromatic N) is 1. The first-order chi connectivity index (χ1) is 15.1. The van der Waals surface area contributed by atoms with Gasteiger partial charge >= 0.3 is 5.97 Å². The van der Waals surface area contributed by atoms with Crippen LogP contribution in [0.4, 0.5) is 0 Å². The topological polar surface area (TPSA) is 69.6 Å². The third-order valence-electron chi connectivity index (χ3n) is 5.07. The number of carboxylic acid groups (broad SMARTS) is 1. The molecule has 0 radical (unpaired) electrons. The van der Waals surface area contributed by atoms with Gasteiger partial charge in [-0.15, -0.1) is 0 Å². The van der Waals surface area contributed by atoms with E-state index in [0.717, 1.165) is 16.7 Å². The van der Waals surface area contributed by atoms with E-state index in [0.29, 0.717) is 6.54 Å². The molecule has 5 nitrogen and oxygen atoms in total. The second kappa shape index (κ2) is 9.85. The maximum atomic E-state index is 12.1. The molecule has 0 saturated heterocycles. The van der Waals surface area contributed by atoms with Crippen LogP contribution in [0.2, 0.25) is 0 Å². The highest BCUT2D eigenvalue weighted by Gasteiger charge is 2.35. The molecule has 0 unspecified atom stereocenters. The summed E-state index contributed by atoms with van der Waals surface area (Å²) in [4.78, 5) is 24.4. The number of aliphatic carboxylic acids is 1. The van der Waals surface area contributed by atoms with Crippen LogP contribution < -0.4 is 5.32 Å². The Labute approximate surface area is 178 Å². The Morgan fingerprint density at radius 1 is 0.867 bits per heavy atom. The van der Waals surface area contributed by atoms with Gasteiger partial charge in [0.1, 0.15) is 6.54 Å². The van der Waals surface area contributed by atoms with Gasteiger partial charge in [-0.1, -0.05) is 91.0 Å². The number of carbonyl (C=O) groups excluding carboxylic acids is 1. The molecular formula is C25H26N2O3. The largest absolute Gasteiger partial charge is 0.480 e. The zero-order chi connectivity index (χ0) is 22.1. The van der Waals surface area contributed by atoms with Crippen LogP contribution in [-0.4, -0.2) is 41.5 Å². The molecule has 3 aromatic carbocycles. The second-order valence-electron chi connectivity index (χ2n) is 6.98. The average molecular weight is 405 g/mol. The van der Waals surface area contributed by atoms with Crippen molar-refractivity contribution in [3.05, 3.63) is 108 Å². The second-order valence-corrected chi connectivity index (χ2v) is 6.98. The minimum atomic E-state index is -1.10. The predicted octanol–water partition coefficient (Wildman–Crippen LogP) is 3.50. The maximum Gasteiger partial charge on any atom is 0.323 e. The summed E-state index contributed by atoms with van der Waals surface area (Å²) in [5, 5.41) is 12.8. The van der Waals surface area contributed by atoms with E-state index in [4.69, 9.17) is 6.48 Å². The molecule has 3 rings (SSSR count). The summed E-state index contributed by atoms with van der Waals surface area (Å²) in [5.41, 5.74) is 2.40. The van der Waals surface area contributed by atoms with E-state index in [2.05, 4.69) is 41.7 Å². The van der Waals surface area contributed by atoms with Crippen molar-refractivity contribution in [2.75, 3.05) is 19.6 Å². The highest BCUT2D eigenvalue weighted by molar-refractivity contribution is 5.79. The van der Waals surface area contributed by atoms with Gasteiger partial charge in [0, 0.05) is 21.4 Å². The summed E-state index contributed by atoms with van der Waals surface area (Å²) in [7, 11) is 0. The Balaban J connectivity index is 2.02. The van der Waals surface area contributed by atoms with E-state index in [9.17, 15) is 9.59 Å². The Hall–Kier alpha value is -3.44. The maximum absolute atomic E-state index is 12.1. The first kappa shape index (κ1) is 19.9. The zero-order valence-corrected chi connectivity index (χ0v) is 16.7. The lowest BCUT2D eigenvalue weighted by Crippen LogP contribution is -2.48. The van der Waals surface area contributed by atoms with Gasteiger partial charge in [0.25, 0.3) is 0 Å². The van der Waals surface area contributed by atoms with Crippen LogP contribution in [0.15, 0.2) is 91.0 Å². The van der Waals surface area contributed by atoms with E-state index in [-0.39, 0.29) is 6.54 Å². The molecule has 5 heteroatoms. The normalized spacial score (nSPS) is 11.5. The number of rotatable bonds is 9. The van der Waals surface area contributed by atoms with Crippen molar-refractivity contribution in [2.45, 2.75) is 12.4 Å². The smallest absolute Gasteiger partial charge is 0.323 e. The molecule has 0 aliphatic carbocycles. The summed E-state index contributed by atoms with van der Waals surface area (Å²) in [6, 6.07) is 30.1. The fraction of sp³-hybridized carbons (Fsp3) is 0.200. The van der Waals surface area contributed by atoms with Crippen molar-refractivity contribution in [3.8, 4) is 0 Å². The number of hydrogen-bond donors (Lipinski definition) is 2. The van der Waals surface area contributed by atoms with Crippen molar-refractivity contribution in [3.63, 3.8) is 0 Å². The fourth-order valence-corrected chi connectivity index (χ4v) is 3.70. The summed E-state index contributed by atoms with van der Waals surface area (Å²) in [6.45, 7) is -0.376. The lowest BCUT2D eigenvalue weighted by atomic mass is 9.77. The van der Waals surface area contributed by atoms with Gasteiger partial charge in [-0.05, 0) is 16.7 Å². The predicted molar refractivity (Wildman–Crippen MR) is 117 cm³/mol. The summed E-state index contributed by atoms with van der Waals surface area (Å²) in [6.07, 6.45) is 0. The average Bonchev–Trinajstić information content (AvgIpc) is 2.82. The molecule has 0 aliphatic heterocycles. The van der Waals surface area contributed by atoms with E-state index in [1.807, 2.05) is 54.6 Å². The van der Waals surface area contributed by atoms with E-state index < -0.39 is 30.9 Å². The van der Waals surface area contributed by atoms with Crippen LogP contribution in [0.25, 0.3) is 0 Å². The summed E-state index contributed by atoms with van der Waals surface area (Å²) < 4.78 is 7.34. The first-order valence-electron chi connectivity index (χ1n) is 10.5. The number of carbonyl (C=O) groups is 2. The minimum absolute atomic E-state index is 0.179. The van der Waals surface area contributed by atoms with Gasteiger partial charge in [0.05, 0.1) is 5.54 Å². The van der Waals surface area contributed by atoms with Gasteiger partial charge in [-0.25, -0.2) is 0 Å². The lowest BCUT2D eigenvalue weighted by molar-refractivity contribution is -0.143. The Morgan fingerprint density at radius 3 is 1.67 bits per heavy atom. The minimum Gasteiger partial charge on any atom is -0.480 e. The highest BCUT2D eigenvalue weighted by Crippen LogP contribution is 2.36. The van der Waals surface area contributed by atoms with Gasteiger partial charge in [0.2, 0.25) is 5.91 Å². The molecule has 2 N–H and O–H groups in total. The molecule has 0 bridgehead atoms. The summed E-state index contributed by atoms with van der Waals surface area (Å²) >= 11 is 0. The molecule has 0 fully saturated rings. The molecule has 1 amide bonds. The molecular weight excluding hydrogens is 376 g/mol. The number of hydrogen-bond acceptors (Lipinski definition) is 3. The molecule has 0 aromatic heterocycles. The van der Waals surface area contributed by atoms with Gasteiger partial charge in [0.15, 0.2) is 0 Å². The Kier molecular flexibility index (Phi) is 6.52. The van der Waals surface area contributed by atoms with Gasteiger partial charge in [-0.3, -0.25) is 14.9 Å². The highest BCUT2D eigenvalue weighted by atomic mass is 16.4. The lowest BCUT2D eigenvalue weighted by Gasteiger charge is -2.37. The third kappa shape index (κ3) is 4.75. The van der Waals surface area contributed by atoms with Crippen LogP contribution in [0.1, 0.15) is 25.0 Å².